The van der Waals surface area contributed by atoms with Gasteiger partial charge in [0.1, 0.15) is 5.76 Å². The summed E-state index contributed by atoms with van der Waals surface area (Å²) >= 11 is 0. The maximum absolute atomic E-state index is 12.9. The number of nitrogens with zero attached hydrogens (tertiary/aromatic N) is 4. The van der Waals surface area contributed by atoms with Crippen LogP contribution in [0.4, 0.5) is 11.6 Å². The number of hydrogen-bond donors (Lipinski definition) is 0. The van der Waals surface area contributed by atoms with E-state index in [1.807, 2.05) is 26.0 Å². The van der Waals surface area contributed by atoms with Gasteiger partial charge in [-0.25, -0.2) is 4.98 Å². The summed E-state index contributed by atoms with van der Waals surface area (Å²) in [5.74, 6) is 1.57. The molecule has 6 heteroatoms. The zero-order chi connectivity index (χ0) is 19.1. The van der Waals surface area contributed by atoms with Crippen molar-refractivity contribution >= 4 is 11.6 Å². The van der Waals surface area contributed by atoms with Crippen molar-refractivity contribution in [2.75, 3.05) is 11.6 Å². The van der Waals surface area contributed by atoms with E-state index in [1.165, 1.54) is 11.1 Å². The van der Waals surface area contributed by atoms with Gasteiger partial charge in [-0.2, -0.15) is 0 Å². The van der Waals surface area contributed by atoms with Crippen LogP contribution in [0.15, 0.2) is 45.8 Å². The van der Waals surface area contributed by atoms with Crippen molar-refractivity contribution in [3.8, 4) is 0 Å². The zero-order valence-electron chi connectivity index (χ0n) is 16.2. The van der Waals surface area contributed by atoms with Gasteiger partial charge in [0.25, 0.3) is 5.56 Å². The number of hydrogen-bond acceptors (Lipinski definition) is 5. The summed E-state index contributed by atoms with van der Waals surface area (Å²) in [6, 6.07) is 10.2. The fourth-order valence-electron chi connectivity index (χ4n) is 3.40. The van der Waals surface area contributed by atoms with E-state index in [9.17, 15) is 4.79 Å². The molecule has 1 aliphatic rings. The molecule has 4 rings (SSSR count). The smallest absolute Gasteiger partial charge is 0.259 e. The molecular weight excluding hydrogens is 340 g/mol. The molecule has 3 heterocycles. The monoisotopic (exact) mass is 364 g/mol. The third kappa shape index (κ3) is 3.17. The zero-order valence-corrected chi connectivity index (χ0v) is 16.2. The summed E-state index contributed by atoms with van der Waals surface area (Å²) in [7, 11) is 0. The van der Waals surface area contributed by atoms with Gasteiger partial charge in [-0.05, 0) is 63.1 Å². The van der Waals surface area contributed by atoms with Crippen molar-refractivity contribution in [1.29, 1.82) is 0 Å². The molecule has 0 amide bonds. The molecule has 140 valence electrons. The topological polar surface area (TPSA) is 54.5 Å². The van der Waals surface area contributed by atoms with Crippen LogP contribution in [0, 0.1) is 27.7 Å². The second-order valence-electron chi connectivity index (χ2n) is 7.24. The minimum Gasteiger partial charge on any atom is -0.468 e. The Bertz CT molecular complexity index is 1040. The van der Waals surface area contributed by atoms with E-state index in [4.69, 9.17) is 9.40 Å². The van der Waals surface area contributed by atoms with E-state index in [2.05, 4.69) is 41.8 Å². The molecule has 0 spiro atoms. The third-order valence-electron chi connectivity index (χ3n) is 5.30. The maximum Gasteiger partial charge on any atom is 0.259 e. The number of aromatic nitrogens is 2. The van der Waals surface area contributed by atoms with Crippen molar-refractivity contribution in [2.24, 2.45) is 0 Å². The molecule has 1 aliphatic heterocycles. The van der Waals surface area contributed by atoms with Gasteiger partial charge in [0.15, 0.2) is 0 Å². The van der Waals surface area contributed by atoms with Gasteiger partial charge >= 0.3 is 0 Å². The fourth-order valence-corrected chi connectivity index (χ4v) is 3.40. The highest BCUT2D eigenvalue weighted by atomic mass is 16.3. The van der Waals surface area contributed by atoms with Crippen LogP contribution in [-0.4, -0.2) is 21.1 Å². The average Bonchev–Trinajstić information content (AvgIpc) is 3.15. The van der Waals surface area contributed by atoms with Crippen molar-refractivity contribution in [2.45, 2.75) is 40.9 Å². The predicted octanol–water partition coefficient (Wildman–Crippen LogP) is 3.64. The Morgan fingerprint density at radius 2 is 1.89 bits per heavy atom. The van der Waals surface area contributed by atoms with E-state index in [-0.39, 0.29) is 5.56 Å². The lowest BCUT2D eigenvalue weighted by Crippen LogP contribution is -2.47. The number of aryl methyl sites for hydroxylation is 3. The van der Waals surface area contributed by atoms with E-state index in [0.717, 1.165) is 17.1 Å². The molecule has 1 aromatic carbocycles. The standard InChI is InChI=1S/C21H24N4O2/c1-14-7-8-18(10-15(14)2)24-12-23(11-19-6-5-9-27-19)13-25-20(26)16(3)17(4)22-21(24)25/h5-10H,11-13H2,1-4H3. The summed E-state index contributed by atoms with van der Waals surface area (Å²) in [6.45, 7) is 9.69. The highest BCUT2D eigenvalue weighted by molar-refractivity contribution is 5.60. The van der Waals surface area contributed by atoms with Crippen molar-refractivity contribution < 1.29 is 4.42 Å². The number of furan rings is 1. The first kappa shape index (κ1) is 17.5. The summed E-state index contributed by atoms with van der Waals surface area (Å²) in [5, 5.41) is 0. The Hall–Kier alpha value is -2.86. The molecule has 0 radical (unpaired) electrons. The third-order valence-corrected chi connectivity index (χ3v) is 5.30. The fraction of sp³-hybridized carbons (Fsp3) is 0.333. The molecule has 6 nitrogen and oxygen atoms in total. The first-order chi connectivity index (χ1) is 12.9. The van der Waals surface area contributed by atoms with Gasteiger partial charge in [0.2, 0.25) is 5.95 Å². The number of rotatable bonds is 3. The van der Waals surface area contributed by atoms with Gasteiger partial charge in [-0.15, -0.1) is 0 Å². The lowest BCUT2D eigenvalue weighted by Gasteiger charge is -2.38. The van der Waals surface area contributed by atoms with Crippen LogP contribution >= 0.6 is 0 Å². The van der Waals surface area contributed by atoms with Gasteiger partial charge < -0.3 is 4.42 Å². The van der Waals surface area contributed by atoms with Crippen LogP contribution in [0.2, 0.25) is 0 Å². The summed E-state index contributed by atoms with van der Waals surface area (Å²) < 4.78 is 7.26. The van der Waals surface area contributed by atoms with Gasteiger partial charge in [0.05, 0.1) is 26.1 Å². The molecule has 27 heavy (non-hydrogen) atoms. The molecule has 2 aromatic heterocycles. The van der Waals surface area contributed by atoms with E-state index >= 15 is 0 Å². The van der Waals surface area contributed by atoms with Crippen molar-refractivity contribution in [1.82, 2.24) is 14.5 Å². The first-order valence-electron chi connectivity index (χ1n) is 9.11. The molecule has 0 saturated carbocycles. The Morgan fingerprint density at radius 3 is 2.59 bits per heavy atom. The average molecular weight is 364 g/mol. The molecule has 0 bridgehead atoms. The highest BCUT2D eigenvalue weighted by Crippen LogP contribution is 2.29. The van der Waals surface area contributed by atoms with Gasteiger partial charge in [-0.1, -0.05) is 6.07 Å². The van der Waals surface area contributed by atoms with Crippen LogP contribution in [-0.2, 0) is 13.2 Å². The van der Waals surface area contributed by atoms with Crippen LogP contribution in [0.3, 0.4) is 0 Å². The summed E-state index contributed by atoms with van der Waals surface area (Å²) in [4.78, 5) is 22.0. The van der Waals surface area contributed by atoms with E-state index in [0.29, 0.717) is 31.4 Å². The lowest BCUT2D eigenvalue weighted by atomic mass is 10.1. The minimum atomic E-state index is 0.00970. The predicted molar refractivity (Wildman–Crippen MR) is 105 cm³/mol. The maximum atomic E-state index is 12.9. The quantitative estimate of drug-likeness (QED) is 0.710. The number of benzene rings is 1. The molecule has 0 aliphatic carbocycles. The SMILES string of the molecule is Cc1ccc(N2CN(Cc3ccco3)Cn3c2nc(C)c(C)c3=O)cc1C. The van der Waals surface area contributed by atoms with Crippen LogP contribution in [0.25, 0.3) is 0 Å². The Balaban J connectivity index is 1.81. The molecule has 0 atom stereocenters. The molecule has 0 fully saturated rings. The number of fused-ring (bicyclic) bond motifs is 1. The highest BCUT2D eigenvalue weighted by Gasteiger charge is 2.27. The lowest BCUT2D eigenvalue weighted by molar-refractivity contribution is 0.176. The second kappa shape index (κ2) is 6.70. The van der Waals surface area contributed by atoms with Crippen molar-refractivity contribution in [3.63, 3.8) is 0 Å². The van der Waals surface area contributed by atoms with Crippen LogP contribution in [0.1, 0.15) is 28.1 Å². The molecule has 0 saturated heterocycles. The van der Waals surface area contributed by atoms with Crippen LogP contribution in [0.5, 0.6) is 0 Å². The largest absolute Gasteiger partial charge is 0.468 e. The first-order valence-corrected chi connectivity index (χ1v) is 9.11. The Labute approximate surface area is 158 Å². The van der Waals surface area contributed by atoms with Crippen molar-refractivity contribution in [3.05, 3.63) is 75.1 Å². The molecule has 3 aromatic rings. The Morgan fingerprint density at radius 1 is 1.07 bits per heavy atom. The second-order valence-corrected chi connectivity index (χ2v) is 7.24. The summed E-state index contributed by atoms with van der Waals surface area (Å²) in [5.41, 5.74) is 4.97. The molecular formula is C21H24N4O2. The van der Waals surface area contributed by atoms with E-state index in [1.54, 1.807) is 10.8 Å². The van der Waals surface area contributed by atoms with Gasteiger partial charge in [0, 0.05) is 16.9 Å². The molecule has 0 unspecified atom stereocenters. The number of anilines is 2. The molecule has 0 N–H and O–H groups in total. The summed E-state index contributed by atoms with van der Waals surface area (Å²) in [6.07, 6.45) is 1.68. The van der Waals surface area contributed by atoms with E-state index < -0.39 is 0 Å². The minimum absolute atomic E-state index is 0.00970. The van der Waals surface area contributed by atoms with Gasteiger partial charge in [-0.3, -0.25) is 19.2 Å². The Kier molecular flexibility index (Phi) is 4.36. The van der Waals surface area contributed by atoms with Crippen LogP contribution < -0.4 is 10.5 Å². The normalized spacial score (nSPS) is 14.4.